The maximum atomic E-state index is 12.8. The van der Waals surface area contributed by atoms with Crippen LogP contribution in [0.2, 0.25) is 0 Å². The third-order valence-electron chi connectivity index (χ3n) is 3.67. The number of anilines is 2. The summed E-state index contributed by atoms with van der Waals surface area (Å²) in [6.45, 7) is 0. The van der Waals surface area contributed by atoms with Crippen molar-refractivity contribution in [3.05, 3.63) is 63.1 Å². The fourth-order valence-electron chi connectivity index (χ4n) is 2.42. The third-order valence-corrected chi connectivity index (χ3v) is 7.96. The van der Waals surface area contributed by atoms with Gasteiger partial charge < -0.3 is 0 Å². The van der Waals surface area contributed by atoms with Gasteiger partial charge in [-0.1, -0.05) is 30.0 Å². The van der Waals surface area contributed by atoms with E-state index < -0.39 is 10.0 Å². The number of rotatable bonds is 5. The van der Waals surface area contributed by atoms with Gasteiger partial charge in [-0.3, -0.25) is 14.4 Å². The number of hydrogen-bond acceptors (Lipinski definition) is 8. The lowest BCUT2D eigenvalue weighted by Crippen LogP contribution is -2.27. The molecule has 0 spiro atoms. The van der Waals surface area contributed by atoms with Crippen molar-refractivity contribution in [1.82, 2.24) is 4.98 Å². The van der Waals surface area contributed by atoms with E-state index in [4.69, 9.17) is 12.2 Å². The largest absolute Gasteiger partial charge is 0.270 e. The minimum atomic E-state index is -3.75. The molecule has 3 aromatic rings. The van der Waals surface area contributed by atoms with Crippen LogP contribution in [0.15, 0.2) is 63.2 Å². The van der Waals surface area contributed by atoms with Gasteiger partial charge in [-0.25, -0.2) is 13.4 Å². The molecule has 1 amide bonds. The summed E-state index contributed by atoms with van der Waals surface area (Å²) in [4.78, 5) is 19.7. The van der Waals surface area contributed by atoms with Crippen molar-refractivity contribution in [2.75, 3.05) is 9.62 Å². The first-order valence-corrected chi connectivity index (χ1v) is 12.2. The van der Waals surface area contributed by atoms with Crippen LogP contribution in [0.3, 0.4) is 0 Å². The number of hydrogen-bond donors (Lipinski definition) is 1. The zero-order valence-corrected chi connectivity index (χ0v) is 18.0. The molecular weight excluding hydrogens is 455 g/mol. The number of thiazole rings is 1. The molecule has 0 unspecified atom stereocenters. The highest BCUT2D eigenvalue weighted by Gasteiger charge is 2.33. The highest BCUT2D eigenvalue weighted by molar-refractivity contribution is 8.27. The Balaban J connectivity index is 1.57. The first-order valence-electron chi connectivity index (χ1n) is 7.78. The summed E-state index contributed by atoms with van der Waals surface area (Å²) in [6.07, 6.45) is 3.32. The van der Waals surface area contributed by atoms with Gasteiger partial charge in [0.25, 0.3) is 15.9 Å². The van der Waals surface area contributed by atoms with Crippen LogP contribution in [0, 0.1) is 0 Å². The minimum Gasteiger partial charge on any atom is -0.268 e. The lowest BCUT2D eigenvalue weighted by molar-refractivity contribution is -0.113. The number of sulfonamides is 1. The van der Waals surface area contributed by atoms with Crippen LogP contribution < -0.4 is 9.62 Å². The van der Waals surface area contributed by atoms with Crippen molar-refractivity contribution in [2.45, 2.75) is 4.90 Å². The zero-order valence-electron chi connectivity index (χ0n) is 13.9. The van der Waals surface area contributed by atoms with E-state index in [1.54, 1.807) is 23.6 Å². The van der Waals surface area contributed by atoms with Crippen molar-refractivity contribution in [3.8, 4) is 0 Å². The molecule has 0 bridgehead atoms. The van der Waals surface area contributed by atoms with E-state index in [0.717, 1.165) is 4.88 Å². The van der Waals surface area contributed by atoms with E-state index >= 15 is 0 Å². The van der Waals surface area contributed by atoms with Crippen LogP contribution in [0.1, 0.15) is 4.88 Å². The molecule has 28 heavy (non-hydrogen) atoms. The van der Waals surface area contributed by atoms with E-state index in [1.165, 1.54) is 57.7 Å². The van der Waals surface area contributed by atoms with E-state index in [0.29, 0.717) is 20.0 Å². The molecule has 3 heterocycles. The Hall–Kier alpha value is -2.05. The van der Waals surface area contributed by atoms with Gasteiger partial charge in [-0.2, -0.15) is 0 Å². The molecule has 1 N–H and O–H groups in total. The fourth-order valence-corrected chi connectivity index (χ4v) is 6.23. The second-order valence-electron chi connectivity index (χ2n) is 5.47. The monoisotopic (exact) mass is 465 g/mol. The lowest BCUT2D eigenvalue weighted by Gasteiger charge is -2.15. The molecule has 1 aromatic carbocycles. The molecule has 0 aliphatic carbocycles. The van der Waals surface area contributed by atoms with Crippen molar-refractivity contribution in [2.24, 2.45) is 0 Å². The summed E-state index contributed by atoms with van der Waals surface area (Å²) < 4.78 is 27.7. The number of nitrogens with one attached hydrogen (secondary N) is 1. The molecule has 1 aliphatic rings. The molecule has 4 rings (SSSR count). The van der Waals surface area contributed by atoms with E-state index in [1.807, 2.05) is 17.5 Å². The Labute approximate surface area is 179 Å². The predicted octanol–water partition coefficient (Wildman–Crippen LogP) is 4.41. The molecule has 0 radical (unpaired) electrons. The molecule has 2 aromatic heterocycles. The Bertz CT molecular complexity index is 1150. The lowest BCUT2D eigenvalue weighted by atomic mass is 10.3. The first kappa shape index (κ1) is 19.3. The number of thiocarbonyl (C=S) groups is 1. The molecule has 6 nitrogen and oxygen atoms in total. The van der Waals surface area contributed by atoms with Crippen LogP contribution in [0.25, 0.3) is 6.08 Å². The van der Waals surface area contributed by atoms with Gasteiger partial charge in [-0.15, -0.1) is 22.7 Å². The predicted molar refractivity (Wildman–Crippen MR) is 119 cm³/mol. The van der Waals surface area contributed by atoms with E-state index in [9.17, 15) is 13.2 Å². The van der Waals surface area contributed by atoms with E-state index in [2.05, 4.69) is 9.71 Å². The third kappa shape index (κ3) is 3.89. The normalized spacial score (nSPS) is 16.1. The Morgan fingerprint density at radius 2 is 1.89 bits per heavy atom. The van der Waals surface area contributed by atoms with Crippen molar-refractivity contribution in [3.63, 3.8) is 0 Å². The quantitative estimate of drug-likeness (QED) is 0.444. The fraction of sp³-hybridized carbons (Fsp3) is 0. The average molecular weight is 466 g/mol. The summed E-state index contributed by atoms with van der Waals surface area (Å²) in [7, 11) is -3.75. The SMILES string of the molecule is O=C1C(=Cc2cccs2)SC(=S)N1c1ccc(S(=O)(=O)Nc2nccs2)cc1. The van der Waals surface area contributed by atoms with Crippen molar-refractivity contribution >= 4 is 83.8 Å². The number of amides is 1. The highest BCUT2D eigenvalue weighted by atomic mass is 32.2. The molecule has 142 valence electrons. The van der Waals surface area contributed by atoms with Gasteiger partial charge in [0, 0.05) is 16.5 Å². The number of nitrogens with zero attached hydrogens (tertiary/aromatic N) is 2. The smallest absolute Gasteiger partial charge is 0.268 e. The number of carbonyl (C=O) groups is 1. The van der Waals surface area contributed by atoms with Crippen molar-refractivity contribution in [1.29, 1.82) is 0 Å². The van der Waals surface area contributed by atoms with Gasteiger partial charge in [0.1, 0.15) is 0 Å². The molecule has 1 saturated heterocycles. The zero-order chi connectivity index (χ0) is 19.7. The van der Waals surface area contributed by atoms with Crippen LogP contribution in [-0.2, 0) is 14.8 Å². The van der Waals surface area contributed by atoms with Crippen LogP contribution in [-0.4, -0.2) is 23.6 Å². The summed E-state index contributed by atoms with van der Waals surface area (Å²) in [5, 5.41) is 3.91. The number of carbonyl (C=O) groups excluding carboxylic acids is 1. The van der Waals surface area contributed by atoms with Gasteiger partial charge in [-0.05, 0) is 41.8 Å². The summed E-state index contributed by atoms with van der Waals surface area (Å²) in [5.74, 6) is -0.222. The molecule has 1 aliphatic heterocycles. The maximum Gasteiger partial charge on any atom is 0.270 e. The molecular formula is C17H11N3O3S5. The highest BCUT2D eigenvalue weighted by Crippen LogP contribution is 2.36. The van der Waals surface area contributed by atoms with Crippen LogP contribution in [0.5, 0.6) is 0 Å². The second-order valence-corrected chi connectivity index (χ2v) is 10.7. The van der Waals surface area contributed by atoms with Crippen LogP contribution >= 0.6 is 46.7 Å². The topological polar surface area (TPSA) is 79.4 Å². The van der Waals surface area contributed by atoms with Crippen molar-refractivity contribution < 1.29 is 13.2 Å². The standard InChI is InChI=1S/C17H11N3O3S5/c21-15-14(10-12-2-1-8-25-12)27-17(24)20(15)11-3-5-13(6-4-11)28(22,23)19-16-18-7-9-26-16/h1-10H,(H,18,19). The number of thioether (sulfide) groups is 1. The number of aromatic nitrogens is 1. The van der Waals surface area contributed by atoms with Gasteiger partial charge >= 0.3 is 0 Å². The second kappa shape index (κ2) is 7.76. The Kier molecular flexibility index (Phi) is 5.34. The summed E-state index contributed by atoms with van der Waals surface area (Å²) >= 11 is 9.30. The molecule has 0 saturated carbocycles. The van der Waals surface area contributed by atoms with E-state index in [-0.39, 0.29) is 10.8 Å². The first-order chi connectivity index (χ1) is 13.4. The number of thiophene rings is 1. The Morgan fingerprint density at radius 1 is 1.11 bits per heavy atom. The summed E-state index contributed by atoms with van der Waals surface area (Å²) in [6, 6.07) is 9.84. The average Bonchev–Trinajstić information content (AvgIpc) is 3.39. The van der Waals surface area contributed by atoms with Gasteiger partial charge in [0.2, 0.25) is 0 Å². The maximum absolute atomic E-state index is 12.8. The van der Waals surface area contributed by atoms with Gasteiger partial charge in [0.15, 0.2) is 9.45 Å². The molecule has 1 fully saturated rings. The summed E-state index contributed by atoms with van der Waals surface area (Å²) in [5.41, 5.74) is 0.519. The van der Waals surface area contributed by atoms with Gasteiger partial charge in [0.05, 0.1) is 15.5 Å². The molecule has 11 heteroatoms. The Morgan fingerprint density at radius 3 is 2.54 bits per heavy atom. The number of benzene rings is 1. The van der Waals surface area contributed by atoms with Crippen LogP contribution in [0.4, 0.5) is 10.8 Å². The molecule has 0 atom stereocenters. The minimum absolute atomic E-state index is 0.0750.